The molecule has 2 fully saturated rings. The van der Waals surface area contributed by atoms with Gasteiger partial charge in [-0.3, -0.25) is 4.90 Å². The van der Waals surface area contributed by atoms with Crippen molar-refractivity contribution in [2.75, 3.05) is 13.1 Å². The molecule has 2 nitrogen and oxygen atoms in total. The molecule has 17 heavy (non-hydrogen) atoms. The molecule has 0 spiro atoms. The number of likely N-dealkylation sites (tertiary alicyclic amines) is 1. The number of hydrogen-bond acceptors (Lipinski definition) is 2. The number of nitrogens with two attached hydrogens (primary N) is 1. The monoisotopic (exact) mass is 250 g/mol. The summed E-state index contributed by atoms with van der Waals surface area (Å²) in [7, 11) is 0. The minimum atomic E-state index is -4.19. The van der Waals surface area contributed by atoms with Gasteiger partial charge in [0.15, 0.2) is 0 Å². The van der Waals surface area contributed by atoms with Gasteiger partial charge in [-0.1, -0.05) is 12.8 Å². The Hall–Kier alpha value is -0.290. The highest BCUT2D eigenvalue weighted by Crippen LogP contribution is 2.38. The molecule has 1 saturated heterocycles. The molecule has 1 heterocycles. The molecule has 3 atom stereocenters. The lowest BCUT2D eigenvalue weighted by molar-refractivity contribution is -0.195. The number of alkyl halides is 3. The summed E-state index contributed by atoms with van der Waals surface area (Å²) < 4.78 is 38.8. The van der Waals surface area contributed by atoms with Crippen LogP contribution in [0.25, 0.3) is 0 Å². The van der Waals surface area contributed by atoms with E-state index in [1.165, 1.54) is 6.42 Å². The maximum atomic E-state index is 12.9. The fourth-order valence-corrected chi connectivity index (χ4v) is 3.51. The third kappa shape index (κ3) is 2.76. The van der Waals surface area contributed by atoms with Crippen molar-refractivity contribution in [1.29, 1.82) is 0 Å². The third-order valence-corrected chi connectivity index (χ3v) is 4.29. The van der Waals surface area contributed by atoms with Crippen LogP contribution in [0.5, 0.6) is 0 Å². The highest BCUT2D eigenvalue weighted by Gasteiger charge is 2.47. The molecule has 2 aliphatic rings. The second-order valence-electron chi connectivity index (χ2n) is 5.29. The summed E-state index contributed by atoms with van der Waals surface area (Å²) in [5.74, 6) is 0.467. The Morgan fingerprint density at radius 1 is 1.12 bits per heavy atom. The van der Waals surface area contributed by atoms with E-state index in [1.807, 2.05) is 0 Å². The maximum absolute atomic E-state index is 12.9. The Balaban J connectivity index is 2.12. The van der Waals surface area contributed by atoms with Crippen LogP contribution in [-0.4, -0.2) is 36.2 Å². The summed E-state index contributed by atoms with van der Waals surface area (Å²) in [5, 5.41) is 0. The molecule has 1 aliphatic heterocycles. The fourth-order valence-electron chi connectivity index (χ4n) is 3.51. The Kier molecular flexibility index (Phi) is 3.98. The van der Waals surface area contributed by atoms with Gasteiger partial charge in [-0.15, -0.1) is 0 Å². The second-order valence-corrected chi connectivity index (χ2v) is 5.29. The van der Waals surface area contributed by atoms with E-state index >= 15 is 0 Å². The first-order valence-electron chi connectivity index (χ1n) is 6.56. The van der Waals surface area contributed by atoms with E-state index in [0.717, 1.165) is 32.1 Å². The zero-order chi connectivity index (χ0) is 12.5. The minimum absolute atomic E-state index is 0.118. The highest BCUT2D eigenvalue weighted by atomic mass is 19.4. The van der Waals surface area contributed by atoms with Crippen molar-refractivity contribution < 1.29 is 13.2 Å². The molecule has 0 aromatic rings. The van der Waals surface area contributed by atoms with Crippen molar-refractivity contribution in [3.05, 3.63) is 0 Å². The predicted molar refractivity (Wildman–Crippen MR) is 60.6 cm³/mol. The number of piperidine rings is 1. The van der Waals surface area contributed by atoms with Gasteiger partial charge in [0.05, 0.1) is 0 Å². The first-order chi connectivity index (χ1) is 8.04. The summed E-state index contributed by atoms with van der Waals surface area (Å²) in [6.07, 6.45) is 2.03. The largest absolute Gasteiger partial charge is 0.405 e. The first-order valence-corrected chi connectivity index (χ1v) is 6.56. The van der Waals surface area contributed by atoms with Crippen LogP contribution in [0.2, 0.25) is 0 Å². The zero-order valence-corrected chi connectivity index (χ0v) is 10.0. The number of hydrogen-bond donors (Lipinski definition) is 1. The summed E-state index contributed by atoms with van der Waals surface area (Å²) in [4.78, 5) is 1.65. The van der Waals surface area contributed by atoms with E-state index in [2.05, 4.69) is 0 Å². The van der Waals surface area contributed by atoms with Crippen LogP contribution in [0.1, 0.15) is 38.5 Å². The molecule has 2 N–H and O–H groups in total. The SMILES string of the molecule is NCC(N1CCCC2CCCCC21)C(F)(F)F. The molecule has 0 amide bonds. The molecular weight excluding hydrogens is 229 g/mol. The van der Waals surface area contributed by atoms with Gasteiger partial charge in [0, 0.05) is 12.6 Å². The van der Waals surface area contributed by atoms with Crippen molar-refractivity contribution >= 4 is 0 Å². The standard InChI is InChI=1S/C12H21F3N2/c13-12(14,15)11(8-16)17-7-3-5-9-4-1-2-6-10(9)17/h9-11H,1-8,16H2. The van der Waals surface area contributed by atoms with Crippen molar-refractivity contribution in [1.82, 2.24) is 4.90 Å². The van der Waals surface area contributed by atoms with Crippen LogP contribution in [0.15, 0.2) is 0 Å². The van der Waals surface area contributed by atoms with Crippen LogP contribution >= 0.6 is 0 Å². The molecule has 100 valence electrons. The second kappa shape index (κ2) is 5.14. The Labute approximate surface area is 100 Å². The van der Waals surface area contributed by atoms with Crippen LogP contribution in [0.4, 0.5) is 13.2 Å². The van der Waals surface area contributed by atoms with Crippen molar-refractivity contribution in [2.24, 2.45) is 11.7 Å². The molecule has 1 saturated carbocycles. The van der Waals surface area contributed by atoms with Gasteiger partial charge in [0.25, 0.3) is 0 Å². The number of rotatable bonds is 2. The van der Waals surface area contributed by atoms with Crippen LogP contribution in [-0.2, 0) is 0 Å². The summed E-state index contributed by atoms with van der Waals surface area (Å²) in [6, 6.07) is -1.32. The van der Waals surface area contributed by atoms with E-state index in [9.17, 15) is 13.2 Å². The summed E-state index contributed by atoms with van der Waals surface area (Å²) >= 11 is 0. The Morgan fingerprint density at radius 3 is 2.41 bits per heavy atom. The molecule has 0 aromatic heterocycles. The molecule has 3 unspecified atom stereocenters. The lowest BCUT2D eigenvalue weighted by Crippen LogP contribution is -2.58. The zero-order valence-electron chi connectivity index (χ0n) is 10.0. The average molecular weight is 250 g/mol. The number of halogens is 3. The van der Waals surface area contributed by atoms with Crippen LogP contribution in [0, 0.1) is 5.92 Å². The topological polar surface area (TPSA) is 29.3 Å². The van der Waals surface area contributed by atoms with E-state index in [-0.39, 0.29) is 12.6 Å². The number of nitrogens with zero attached hydrogens (tertiary/aromatic N) is 1. The van der Waals surface area contributed by atoms with E-state index < -0.39 is 12.2 Å². The maximum Gasteiger partial charge on any atom is 0.405 e. The lowest BCUT2D eigenvalue weighted by Gasteiger charge is -2.47. The van der Waals surface area contributed by atoms with Gasteiger partial charge in [-0.05, 0) is 38.1 Å². The fraction of sp³-hybridized carbons (Fsp3) is 1.00. The summed E-state index contributed by atoms with van der Waals surface area (Å²) in [6.45, 7) is 0.245. The lowest BCUT2D eigenvalue weighted by atomic mass is 9.77. The van der Waals surface area contributed by atoms with E-state index in [0.29, 0.717) is 12.5 Å². The summed E-state index contributed by atoms with van der Waals surface area (Å²) in [5.41, 5.74) is 5.35. The molecule has 0 radical (unpaired) electrons. The molecule has 0 aromatic carbocycles. The Bertz CT molecular complexity index is 253. The van der Waals surface area contributed by atoms with Gasteiger partial charge in [-0.2, -0.15) is 13.2 Å². The Morgan fingerprint density at radius 2 is 1.76 bits per heavy atom. The molecule has 1 aliphatic carbocycles. The molecule has 0 bridgehead atoms. The van der Waals surface area contributed by atoms with Gasteiger partial charge < -0.3 is 5.73 Å². The van der Waals surface area contributed by atoms with Crippen molar-refractivity contribution in [3.63, 3.8) is 0 Å². The normalized spacial score (nSPS) is 33.2. The first kappa shape index (κ1) is 13.1. The number of fused-ring (bicyclic) bond motifs is 1. The highest BCUT2D eigenvalue weighted by molar-refractivity contribution is 4.93. The quantitative estimate of drug-likeness (QED) is 0.816. The van der Waals surface area contributed by atoms with E-state index in [1.54, 1.807) is 4.90 Å². The molecule has 5 heteroatoms. The predicted octanol–water partition coefficient (Wildman–Crippen LogP) is 2.53. The van der Waals surface area contributed by atoms with E-state index in [4.69, 9.17) is 5.73 Å². The molecule has 2 rings (SSSR count). The third-order valence-electron chi connectivity index (χ3n) is 4.29. The van der Waals surface area contributed by atoms with Crippen LogP contribution in [0.3, 0.4) is 0 Å². The average Bonchev–Trinajstić information content (AvgIpc) is 2.28. The van der Waals surface area contributed by atoms with Crippen molar-refractivity contribution in [3.8, 4) is 0 Å². The van der Waals surface area contributed by atoms with Crippen LogP contribution < -0.4 is 5.73 Å². The van der Waals surface area contributed by atoms with Gasteiger partial charge in [0.2, 0.25) is 0 Å². The smallest absolute Gasteiger partial charge is 0.329 e. The van der Waals surface area contributed by atoms with Gasteiger partial charge in [0.1, 0.15) is 6.04 Å². The van der Waals surface area contributed by atoms with Gasteiger partial charge >= 0.3 is 6.18 Å². The molecular formula is C12H21F3N2. The minimum Gasteiger partial charge on any atom is -0.329 e. The van der Waals surface area contributed by atoms with Crippen molar-refractivity contribution in [2.45, 2.75) is 56.8 Å². The van der Waals surface area contributed by atoms with Gasteiger partial charge in [-0.25, -0.2) is 0 Å².